The molecule has 1 N–H and O–H groups in total. The van der Waals surface area contributed by atoms with Gasteiger partial charge in [0.25, 0.3) is 0 Å². The molecule has 1 heterocycles. The average molecular weight is 253 g/mol. The molecule has 2 aliphatic rings. The van der Waals surface area contributed by atoms with Crippen molar-refractivity contribution < 1.29 is 14.7 Å². The molecule has 0 aromatic rings. The van der Waals surface area contributed by atoms with Gasteiger partial charge in [-0.05, 0) is 31.6 Å². The lowest BCUT2D eigenvalue weighted by Crippen LogP contribution is -2.46. The number of aliphatic carboxylic acids is 1. The number of carboxylic acids is 1. The van der Waals surface area contributed by atoms with Gasteiger partial charge in [0.15, 0.2) is 0 Å². The Kier molecular flexibility index (Phi) is 4.25. The summed E-state index contributed by atoms with van der Waals surface area (Å²) in [5, 5.41) is 9.31. The number of carbonyl (C=O) groups is 2. The van der Waals surface area contributed by atoms with Crippen molar-refractivity contribution in [2.24, 2.45) is 5.92 Å². The number of carbonyl (C=O) groups excluding carboxylic acids is 1. The number of likely N-dealkylation sites (tertiary alicyclic amines) is 1. The van der Waals surface area contributed by atoms with Gasteiger partial charge in [-0.1, -0.05) is 26.2 Å². The molecule has 1 amide bonds. The van der Waals surface area contributed by atoms with Gasteiger partial charge in [-0.25, -0.2) is 4.79 Å². The lowest BCUT2D eigenvalue weighted by Gasteiger charge is -2.33. The Balaban J connectivity index is 2.11. The van der Waals surface area contributed by atoms with Crippen molar-refractivity contribution in [3.63, 3.8) is 0 Å². The van der Waals surface area contributed by atoms with Crippen LogP contribution in [0, 0.1) is 5.92 Å². The molecule has 1 saturated carbocycles. The van der Waals surface area contributed by atoms with Crippen LogP contribution in [-0.2, 0) is 9.59 Å². The Hall–Kier alpha value is -1.06. The smallest absolute Gasteiger partial charge is 0.326 e. The number of nitrogens with zero attached hydrogens (tertiary/aromatic N) is 1. The monoisotopic (exact) mass is 253 g/mol. The van der Waals surface area contributed by atoms with Crippen molar-refractivity contribution in [1.82, 2.24) is 4.90 Å². The fourth-order valence-corrected chi connectivity index (χ4v) is 3.50. The zero-order valence-electron chi connectivity index (χ0n) is 11.1. The normalized spacial score (nSPS) is 31.2. The van der Waals surface area contributed by atoms with Crippen molar-refractivity contribution >= 4 is 11.9 Å². The summed E-state index contributed by atoms with van der Waals surface area (Å²) in [7, 11) is 0. The highest BCUT2D eigenvalue weighted by Crippen LogP contribution is 2.40. The van der Waals surface area contributed by atoms with Crippen LogP contribution in [0.4, 0.5) is 0 Å². The average Bonchev–Trinajstić information content (AvgIpc) is 2.75. The Bertz CT molecular complexity index is 329. The Labute approximate surface area is 108 Å². The minimum atomic E-state index is -0.825. The molecule has 0 aromatic heterocycles. The quantitative estimate of drug-likeness (QED) is 0.837. The third-order valence-electron chi connectivity index (χ3n) is 4.41. The first kappa shape index (κ1) is 13.4. The highest BCUT2D eigenvalue weighted by atomic mass is 16.4. The molecule has 2 fully saturated rings. The summed E-state index contributed by atoms with van der Waals surface area (Å²) in [5.41, 5.74) is 0. The number of unbranched alkanes of at least 4 members (excludes halogenated alkanes) is 1. The first-order valence-corrected chi connectivity index (χ1v) is 7.19. The summed E-state index contributed by atoms with van der Waals surface area (Å²) in [5.74, 6) is -0.349. The van der Waals surface area contributed by atoms with Gasteiger partial charge in [0.05, 0.1) is 0 Å². The number of hydrogen-bond acceptors (Lipinski definition) is 2. The maximum Gasteiger partial charge on any atom is 0.326 e. The van der Waals surface area contributed by atoms with E-state index in [0.717, 1.165) is 32.1 Å². The van der Waals surface area contributed by atoms with Crippen LogP contribution in [0.25, 0.3) is 0 Å². The van der Waals surface area contributed by atoms with Crippen molar-refractivity contribution in [2.45, 2.75) is 70.4 Å². The minimum absolute atomic E-state index is 0.0543. The lowest BCUT2D eigenvalue weighted by atomic mass is 9.84. The largest absolute Gasteiger partial charge is 0.480 e. The molecule has 1 aliphatic carbocycles. The molecule has 3 unspecified atom stereocenters. The maximum absolute atomic E-state index is 12.2. The molecular weight excluding hydrogens is 230 g/mol. The predicted molar refractivity (Wildman–Crippen MR) is 68.2 cm³/mol. The zero-order chi connectivity index (χ0) is 13.1. The van der Waals surface area contributed by atoms with Gasteiger partial charge in [0.1, 0.15) is 6.04 Å². The first-order valence-electron chi connectivity index (χ1n) is 7.19. The molecule has 102 valence electrons. The van der Waals surface area contributed by atoms with Crippen molar-refractivity contribution in [1.29, 1.82) is 0 Å². The zero-order valence-corrected chi connectivity index (χ0v) is 11.1. The summed E-state index contributed by atoms with van der Waals surface area (Å²) in [6.07, 6.45) is 7.40. The Morgan fingerprint density at radius 3 is 2.67 bits per heavy atom. The molecule has 1 aliphatic heterocycles. The number of hydrogen-bond donors (Lipinski definition) is 1. The van der Waals surface area contributed by atoms with Gasteiger partial charge in [0.2, 0.25) is 5.91 Å². The summed E-state index contributed by atoms with van der Waals surface area (Å²) in [4.78, 5) is 25.3. The van der Waals surface area contributed by atoms with E-state index in [1.165, 1.54) is 6.42 Å². The first-order chi connectivity index (χ1) is 8.65. The second-order valence-corrected chi connectivity index (χ2v) is 5.61. The SMILES string of the molecule is CCCCC(=O)N1C(C(=O)O)CC2CCCCC21. The van der Waals surface area contributed by atoms with Gasteiger partial charge in [-0.2, -0.15) is 0 Å². The number of fused-ring (bicyclic) bond motifs is 1. The Morgan fingerprint density at radius 1 is 1.28 bits per heavy atom. The maximum atomic E-state index is 12.2. The summed E-state index contributed by atoms with van der Waals surface area (Å²) in [6, 6.07) is -0.369. The van der Waals surface area contributed by atoms with Gasteiger partial charge < -0.3 is 10.0 Å². The molecule has 0 bridgehead atoms. The van der Waals surface area contributed by atoms with Gasteiger partial charge in [0, 0.05) is 12.5 Å². The number of carboxylic acid groups (broad SMARTS) is 1. The molecular formula is C14H23NO3. The van der Waals surface area contributed by atoms with E-state index in [1.54, 1.807) is 4.90 Å². The van der Waals surface area contributed by atoms with Crippen LogP contribution >= 0.6 is 0 Å². The minimum Gasteiger partial charge on any atom is -0.480 e. The summed E-state index contributed by atoms with van der Waals surface area (Å²) < 4.78 is 0. The summed E-state index contributed by atoms with van der Waals surface area (Å²) >= 11 is 0. The van der Waals surface area contributed by atoms with Gasteiger partial charge in [-0.15, -0.1) is 0 Å². The summed E-state index contributed by atoms with van der Waals surface area (Å²) in [6.45, 7) is 2.05. The van der Waals surface area contributed by atoms with E-state index in [1.807, 2.05) is 0 Å². The van der Waals surface area contributed by atoms with E-state index >= 15 is 0 Å². The van der Waals surface area contributed by atoms with Crippen LogP contribution < -0.4 is 0 Å². The van der Waals surface area contributed by atoms with Crippen LogP contribution in [0.1, 0.15) is 58.3 Å². The highest BCUT2D eigenvalue weighted by Gasteiger charge is 2.46. The molecule has 4 nitrogen and oxygen atoms in total. The van der Waals surface area contributed by atoms with E-state index in [9.17, 15) is 14.7 Å². The van der Waals surface area contributed by atoms with Crippen molar-refractivity contribution in [3.8, 4) is 0 Å². The van der Waals surface area contributed by atoms with Gasteiger partial charge >= 0.3 is 5.97 Å². The van der Waals surface area contributed by atoms with Gasteiger partial charge in [-0.3, -0.25) is 4.79 Å². The van der Waals surface area contributed by atoms with E-state index in [0.29, 0.717) is 18.8 Å². The van der Waals surface area contributed by atoms with Crippen LogP contribution in [-0.4, -0.2) is 34.0 Å². The molecule has 1 saturated heterocycles. The fourth-order valence-electron chi connectivity index (χ4n) is 3.50. The van der Waals surface area contributed by atoms with Crippen LogP contribution in [0.2, 0.25) is 0 Å². The molecule has 18 heavy (non-hydrogen) atoms. The van der Waals surface area contributed by atoms with E-state index in [-0.39, 0.29) is 11.9 Å². The van der Waals surface area contributed by atoms with E-state index in [2.05, 4.69) is 6.92 Å². The molecule has 0 spiro atoms. The number of rotatable bonds is 4. The topological polar surface area (TPSA) is 57.6 Å². The Morgan fingerprint density at radius 2 is 2.00 bits per heavy atom. The molecule has 0 aromatic carbocycles. The fraction of sp³-hybridized carbons (Fsp3) is 0.857. The lowest BCUT2D eigenvalue weighted by molar-refractivity contribution is -0.149. The van der Waals surface area contributed by atoms with Crippen LogP contribution in [0.3, 0.4) is 0 Å². The molecule has 3 atom stereocenters. The van der Waals surface area contributed by atoms with Crippen LogP contribution in [0.5, 0.6) is 0 Å². The second kappa shape index (κ2) is 5.72. The van der Waals surface area contributed by atoms with E-state index < -0.39 is 12.0 Å². The van der Waals surface area contributed by atoms with Crippen LogP contribution in [0.15, 0.2) is 0 Å². The van der Waals surface area contributed by atoms with Crippen molar-refractivity contribution in [2.75, 3.05) is 0 Å². The predicted octanol–water partition coefficient (Wildman–Crippen LogP) is 2.42. The third kappa shape index (κ3) is 2.52. The second-order valence-electron chi connectivity index (χ2n) is 5.61. The highest BCUT2D eigenvalue weighted by molar-refractivity contribution is 5.84. The molecule has 2 rings (SSSR count). The van der Waals surface area contributed by atoms with Crippen molar-refractivity contribution in [3.05, 3.63) is 0 Å². The standard InChI is InChI=1S/C14H23NO3/c1-2-3-8-13(16)15-11-7-5-4-6-10(11)9-12(15)14(17)18/h10-12H,2-9H2,1H3,(H,17,18). The molecule has 4 heteroatoms. The molecule has 0 radical (unpaired) electrons. The van der Waals surface area contributed by atoms with E-state index in [4.69, 9.17) is 0 Å². The number of amides is 1. The third-order valence-corrected chi connectivity index (χ3v) is 4.41.